The molecule has 0 aliphatic heterocycles. The van der Waals surface area contributed by atoms with E-state index in [0.29, 0.717) is 5.56 Å². The maximum atomic E-state index is 12.3. The quantitative estimate of drug-likeness (QED) is 0.315. The van der Waals surface area contributed by atoms with E-state index in [9.17, 15) is 19.7 Å². The highest BCUT2D eigenvalue weighted by Crippen LogP contribution is 2.32. The second kappa shape index (κ2) is 8.87. The minimum Gasteiger partial charge on any atom is -0.465 e. The Labute approximate surface area is 134 Å². The molecule has 0 saturated heterocycles. The van der Waals surface area contributed by atoms with E-state index in [4.69, 9.17) is 9.47 Å². The number of hydrogen-bond donors (Lipinski definition) is 0. The maximum Gasteiger partial charge on any atom is 0.321 e. The molecule has 2 unspecified atom stereocenters. The topological polar surface area (TPSA) is 95.7 Å². The number of esters is 2. The molecule has 2 atom stereocenters. The lowest BCUT2D eigenvalue weighted by Gasteiger charge is -2.25. The minimum atomic E-state index is -1.38. The van der Waals surface area contributed by atoms with Gasteiger partial charge >= 0.3 is 11.9 Å². The summed E-state index contributed by atoms with van der Waals surface area (Å²) >= 11 is 0. The molecule has 0 aliphatic carbocycles. The first-order chi connectivity index (χ1) is 10.9. The van der Waals surface area contributed by atoms with E-state index in [0.717, 1.165) is 0 Å². The largest absolute Gasteiger partial charge is 0.465 e. The summed E-state index contributed by atoms with van der Waals surface area (Å²) in [7, 11) is 0. The zero-order valence-corrected chi connectivity index (χ0v) is 13.4. The van der Waals surface area contributed by atoms with Crippen molar-refractivity contribution >= 4 is 11.9 Å². The van der Waals surface area contributed by atoms with Crippen LogP contribution in [0.25, 0.3) is 0 Å². The van der Waals surface area contributed by atoms with Crippen LogP contribution in [0.2, 0.25) is 0 Å². The molecule has 0 heterocycles. The predicted octanol–water partition coefficient (Wildman–Crippen LogP) is 2.18. The molecule has 1 aromatic carbocycles. The van der Waals surface area contributed by atoms with Gasteiger partial charge in [0.25, 0.3) is 0 Å². The molecule has 0 radical (unpaired) electrons. The van der Waals surface area contributed by atoms with Gasteiger partial charge in [-0.2, -0.15) is 0 Å². The number of nitrogens with zero attached hydrogens (tertiary/aromatic N) is 1. The highest BCUT2D eigenvalue weighted by Gasteiger charge is 2.45. The number of benzene rings is 1. The molecule has 126 valence electrons. The first-order valence-corrected chi connectivity index (χ1v) is 7.45. The molecule has 0 fully saturated rings. The Bertz CT molecular complexity index is 527. The third-order valence-electron chi connectivity index (χ3n) is 3.48. The van der Waals surface area contributed by atoms with Crippen LogP contribution in [0.15, 0.2) is 30.3 Å². The summed E-state index contributed by atoms with van der Waals surface area (Å²) in [4.78, 5) is 35.3. The standard InChI is InChI=1S/C16H21NO6/c1-4-22-15(18)14(16(19)23-5-2)13(11(3)17(20)21)12-9-7-6-8-10-12/h6-11,13-14H,4-5H2,1-3H3. The van der Waals surface area contributed by atoms with Crippen molar-refractivity contribution < 1.29 is 24.0 Å². The van der Waals surface area contributed by atoms with Gasteiger partial charge in [-0.15, -0.1) is 0 Å². The highest BCUT2D eigenvalue weighted by molar-refractivity contribution is 5.96. The van der Waals surface area contributed by atoms with Gasteiger partial charge in [-0.25, -0.2) is 0 Å². The van der Waals surface area contributed by atoms with Gasteiger partial charge in [0.1, 0.15) is 0 Å². The number of ether oxygens (including phenoxy) is 2. The lowest BCUT2D eigenvalue weighted by molar-refractivity contribution is -0.523. The molecule has 0 aliphatic rings. The molecule has 1 rings (SSSR count). The van der Waals surface area contributed by atoms with Gasteiger partial charge in [0, 0.05) is 11.8 Å². The molecule has 7 nitrogen and oxygen atoms in total. The minimum absolute atomic E-state index is 0.0725. The monoisotopic (exact) mass is 323 g/mol. The SMILES string of the molecule is CCOC(=O)C(C(=O)OCC)C(c1ccccc1)C(C)[N+](=O)[O-]. The van der Waals surface area contributed by atoms with Crippen LogP contribution in [-0.2, 0) is 19.1 Å². The Balaban J connectivity index is 3.33. The molecule has 0 bridgehead atoms. The molecule has 0 N–H and O–H groups in total. The Morgan fingerprint density at radius 1 is 1.09 bits per heavy atom. The fourth-order valence-electron chi connectivity index (χ4n) is 2.41. The van der Waals surface area contributed by atoms with E-state index in [2.05, 4.69) is 0 Å². The van der Waals surface area contributed by atoms with Crippen molar-refractivity contribution in [2.75, 3.05) is 13.2 Å². The molecule has 7 heteroatoms. The molecule has 0 saturated carbocycles. The van der Waals surface area contributed by atoms with Gasteiger partial charge in [-0.05, 0) is 19.4 Å². The lowest BCUT2D eigenvalue weighted by Crippen LogP contribution is -2.40. The Kier molecular flexibility index (Phi) is 7.18. The van der Waals surface area contributed by atoms with Gasteiger partial charge in [-0.1, -0.05) is 30.3 Å². The Morgan fingerprint density at radius 2 is 1.57 bits per heavy atom. The second-order valence-electron chi connectivity index (χ2n) is 4.94. The Hall–Kier alpha value is -2.44. The van der Waals surface area contributed by atoms with Crippen LogP contribution in [0.5, 0.6) is 0 Å². The van der Waals surface area contributed by atoms with Crippen LogP contribution < -0.4 is 0 Å². The number of hydrogen-bond acceptors (Lipinski definition) is 6. The van der Waals surface area contributed by atoms with Gasteiger partial charge in [0.05, 0.1) is 19.1 Å². The third-order valence-corrected chi connectivity index (χ3v) is 3.48. The van der Waals surface area contributed by atoms with Crippen LogP contribution >= 0.6 is 0 Å². The van der Waals surface area contributed by atoms with Crippen LogP contribution in [0, 0.1) is 16.0 Å². The first kappa shape index (κ1) is 18.6. The van der Waals surface area contributed by atoms with E-state index in [1.807, 2.05) is 0 Å². The first-order valence-electron chi connectivity index (χ1n) is 7.45. The van der Waals surface area contributed by atoms with Crippen molar-refractivity contribution in [1.29, 1.82) is 0 Å². The van der Waals surface area contributed by atoms with Crippen molar-refractivity contribution in [3.8, 4) is 0 Å². The zero-order valence-electron chi connectivity index (χ0n) is 13.4. The fourth-order valence-corrected chi connectivity index (χ4v) is 2.41. The van der Waals surface area contributed by atoms with Crippen LogP contribution in [-0.4, -0.2) is 36.1 Å². The molecule has 0 spiro atoms. The molecular formula is C16H21NO6. The molecule has 0 amide bonds. The van der Waals surface area contributed by atoms with Gasteiger partial charge < -0.3 is 9.47 Å². The van der Waals surface area contributed by atoms with Crippen molar-refractivity contribution in [1.82, 2.24) is 0 Å². The zero-order chi connectivity index (χ0) is 17.4. The van der Waals surface area contributed by atoms with Crippen molar-refractivity contribution in [2.45, 2.75) is 32.7 Å². The summed E-state index contributed by atoms with van der Waals surface area (Å²) in [5, 5.41) is 11.3. The highest BCUT2D eigenvalue weighted by atomic mass is 16.6. The summed E-state index contributed by atoms with van der Waals surface area (Å²) in [5.41, 5.74) is 0.516. The van der Waals surface area contributed by atoms with Crippen LogP contribution in [0.1, 0.15) is 32.3 Å². The normalized spacial score (nSPS) is 13.2. The summed E-state index contributed by atoms with van der Waals surface area (Å²) in [6.07, 6.45) is 0. The molecule has 23 heavy (non-hydrogen) atoms. The number of rotatable bonds is 8. The van der Waals surface area contributed by atoms with E-state index in [-0.39, 0.29) is 13.2 Å². The van der Waals surface area contributed by atoms with Gasteiger partial charge in [0.15, 0.2) is 5.92 Å². The Morgan fingerprint density at radius 3 is 1.96 bits per heavy atom. The fraction of sp³-hybridized carbons (Fsp3) is 0.500. The summed E-state index contributed by atoms with van der Waals surface area (Å²) in [5.74, 6) is -3.97. The van der Waals surface area contributed by atoms with E-state index < -0.39 is 34.7 Å². The van der Waals surface area contributed by atoms with Gasteiger partial charge in [-0.3, -0.25) is 19.7 Å². The summed E-state index contributed by atoms with van der Waals surface area (Å²) < 4.78 is 9.88. The molecule has 1 aromatic rings. The molecule has 0 aromatic heterocycles. The van der Waals surface area contributed by atoms with Crippen molar-refractivity contribution in [3.05, 3.63) is 46.0 Å². The predicted molar refractivity (Wildman–Crippen MR) is 82.4 cm³/mol. The summed E-state index contributed by atoms with van der Waals surface area (Å²) in [6.45, 7) is 4.72. The van der Waals surface area contributed by atoms with E-state index >= 15 is 0 Å². The average molecular weight is 323 g/mol. The smallest absolute Gasteiger partial charge is 0.321 e. The average Bonchev–Trinajstić information content (AvgIpc) is 2.52. The van der Waals surface area contributed by atoms with Gasteiger partial charge in [0.2, 0.25) is 6.04 Å². The lowest BCUT2D eigenvalue weighted by atomic mass is 9.81. The van der Waals surface area contributed by atoms with Crippen molar-refractivity contribution in [3.63, 3.8) is 0 Å². The number of nitro groups is 1. The van der Waals surface area contributed by atoms with Crippen LogP contribution in [0.4, 0.5) is 0 Å². The summed E-state index contributed by atoms with van der Waals surface area (Å²) in [6, 6.07) is 7.29. The van der Waals surface area contributed by atoms with Crippen LogP contribution in [0.3, 0.4) is 0 Å². The maximum absolute atomic E-state index is 12.3. The van der Waals surface area contributed by atoms with E-state index in [1.54, 1.807) is 44.2 Å². The number of carbonyl (C=O) groups is 2. The molecular weight excluding hydrogens is 302 g/mol. The second-order valence-corrected chi connectivity index (χ2v) is 4.94. The third kappa shape index (κ3) is 4.77. The number of carbonyl (C=O) groups excluding carboxylic acids is 2. The van der Waals surface area contributed by atoms with E-state index in [1.165, 1.54) is 6.92 Å². The van der Waals surface area contributed by atoms with Crippen molar-refractivity contribution in [2.24, 2.45) is 5.92 Å².